The van der Waals surface area contributed by atoms with Crippen molar-refractivity contribution in [3.05, 3.63) is 34.9 Å². The van der Waals surface area contributed by atoms with Crippen LogP contribution in [0.15, 0.2) is 24.3 Å². The van der Waals surface area contributed by atoms with E-state index in [1.54, 1.807) is 12.1 Å². The Hall–Kier alpha value is -1.39. The van der Waals surface area contributed by atoms with Gasteiger partial charge in [0.05, 0.1) is 12.0 Å². The highest BCUT2D eigenvalue weighted by atomic mass is 35.5. The topological polar surface area (TPSA) is 49.4 Å². The van der Waals surface area contributed by atoms with E-state index in [9.17, 15) is 9.59 Å². The molecule has 1 N–H and O–H groups in total. The highest BCUT2D eigenvalue weighted by Gasteiger charge is 2.51. The molecule has 0 aliphatic carbocycles. The predicted molar refractivity (Wildman–Crippen MR) is 76.2 cm³/mol. The van der Waals surface area contributed by atoms with Crippen LogP contribution in [-0.2, 0) is 16.1 Å². The fourth-order valence-electron chi connectivity index (χ4n) is 3.09. The van der Waals surface area contributed by atoms with Gasteiger partial charge >= 0.3 is 0 Å². The van der Waals surface area contributed by atoms with Crippen LogP contribution in [0.3, 0.4) is 0 Å². The Morgan fingerprint density at radius 1 is 1.25 bits per heavy atom. The first-order valence-corrected chi connectivity index (χ1v) is 7.28. The van der Waals surface area contributed by atoms with E-state index in [4.69, 9.17) is 11.6 Å². The number of imide groups is 1. The van der Waals surface area contributed by atoms with Crippen molar-refractivity contribution in [3.63, 3.8) is 0 Å². The minimum atomic E-state index is -0.498. The first kappa shape index (κ1) is 13.6. The van der Waals surface area contributed by atoms with Crippen LogP contribution in [0.2, 0.25) is 5.02 Å². The van der Waals surface area contributed by atoms with E-state index >= 15 is 0 Å². The summed E-state index contributed by atoms with van der Waals surface area (Å²) in [6, 6.07) is 7.26. The van der Waals surface area contributed by atoms with Crippen molar-refractivity contribution in [1.82, 2.24) is 10.2 Å². The van der Waals surface area contributed by atoms with Crippen LogP contribution in [0, 0.1) is 5.41 Å². The number of hydrogen-bond acceptors (Lipinski definition) is 3. The molecule has 1 aromatic carbocycles. The van der Waals surface area contributed by atoms with Gasteiger partial charge in [-0.25, -0.2) is 0 Å². The van der Waals surface area contributed by atoms with Gasteiger partial charge in [-0.1, -0.05) is 23.7 Å². The maximum atomic E-state index is 12.6. The first-order chi connectivity index (χ1) is 9.61. The zero-order valence-corrected chi connectivity index (χ0v) is 11.9. The summed E-state index contributed by atoms with van der Waals surface area (Å²) in [6.45, 7) is 1.89. The molecular weight excluding hydrogens is 276 g/mol. The molecular formula is C15H17ClN2O2. The largest absolute Gasteiger partial charge is 0.316 e. The molecule has 0 saturated carbocycles. The summed E-state index contributed by atoms with van der Waals surface area (Å²) >= 11 is 5.85. The normalized spacial score (nSPS) is 26.6. The lowest BCUT2D eigenvalue weighted by atomic mass is 9.79. The van der Waals surface area contributed by atoms with E-state index in [2.05, 4.69) is 5.32 Å². The van der Waals surface area contributed by atoms with Gasteiger partial charge in [-0.3, -0.25) is 14.5 Å². The van der Waals surface area contributed by atoms with Crippen molar-refractivity contribution in [3.8, 4) is 0 Å². The summed E-state index contributed by atoms with van der Waals surface area (Å²) in [7, 11) is 0. The van der Waals surface area contributed by atoms with Crippen LogP contribution in [0.25, 0.3) is 0 Å². The number of nitrogens with one attached hydrogen (secondary N) is 1. The number of piperidine rings is 1. The highest BCUT2D eigenvalue weighted by Crippen LogP contribution is 2.39. The Labute approximate surface area is 123 Å². The number of amides is 2. The lowest BCUT2D eigenvalue weighted by molar-refractivity contribution is -0.142. The van der Waals surface area contributed by atoms with E-state index in [1.807, 2.05) is 12.1 Å². The van der Waals surface area contributed by atoms with E-state index in [-0.39, 0.29) is 11.8 Å². The third kappa shape index (κ3) is 2.34. The Kier molecular flexibility index (Phi) is 3.52. The number of halogens is 1. The minimum Gasteiger partial charge on any atom is -0.316 e. The molecule has 4 nitrogen and oxygen atoms in total. The second kappa shape index (κ2) is 5.19. The summed E-state index contributed by atoms with van der Waals surface area (Å²) in [4.78, 5) is 26.2. The van der Waals surface area contributed by atoms with Crippen molar-refractivity contribution in [1.29, 1.82) is 0 Å². The predicted octanol–water partition coefficient (Wildman–Crippen LogP) is 1.97. The fourth-order valence-corrected chi connectivity index (χ4v) is 3.22. The van der Waals surface area contributed by atoms with Crippen molar-refractivity contribution < 1.29 is 9.59 Å². The molecule has 2 heterocycles. The monoisotopic (exact) mass is 292 g/mol. The molecule has 2 aliphatic heterocycles. The molecule has 0 bridgehead atoms. The van der Waals surface area contributed by atoms with Crippen molar-refractivity contribution in [2.45, 2.75) is 25.8 Å². The van der Waals surface area contributed by atoms with Crippen LogP contribution >= 0.6 is 11.6 Å². The van der Waals surface area contributed by atoms with Gasteiger partial charge in [-0.05, 0) is 37.1 Å². The molecule has 2 amide bonds. The molecule has 3 rings (SSSR count). The number of carbonyl (C=O) groups excluding carboxylic acids is 2. The van der Waals surface area contributed by atoms with Gasteiger partial charge in [0.25, 0.3) is 0 Å². The standard InChI is InChI=1S/C15H17ClN2O2/c16-12-4-2-11(3-5-12)9-18-13(19)8-15(14(18)20)6-1-7-17-10-15/h2-5,17H,1,6-10H2. The molecule has 20 heavy (non-hydrogen) atoms. The lowest BCUT2D eigenvalue weighted by Gasteiger charge is -2.31. The quantitative estimate of drug-likeness (QED) is 0.848. The van der Waals surface area contributed by atoms with Crippen LogP contribution in [-0.4, -0.2) is 29.8 Å². The Bertz CT molecular complexity index is 535. The van der Waals surface area contributed by atoms with Crippen molar-refractivity contribution >= 4 is 23.4 Å². The summed E-state index contributed by atoms with van der Waals surface area (Å²) in [5.74, 6) is -0.0849. The maximum absolute atomic E-state index is 12.6. The van der Waals surface area contributed by atoms with Crippen LogP contribution in [0.1, 0.15) is 24.8 Å². The van der Waals surface area contributed by atoms with E-state index in [1.165, 1.54) is 4.90 Å². The third-order valence-corrected chi connectivity index (χ3v) is 4.47. The Morgan fingerprint density at radius 3 is 2.65 bits per heavy atom. The second-order valence-electron chi connectivity index (χ2n) is 5.65. The zero-order chi connectivity index (χ0) is 14.2. The second-order valence-corrected chi connectivity index (χ2v) is 6.09. The molecule has 1 unspecified atom stereocenters. The van der Waals surface area contributed by atoms with Crippen molar-refractivity contribution in [2.24, 2.45) is 5.41 Å². The third-order valence-electron chi connectivity index (χ3n) is 4.22. The van der Waals surface area contributed by atoms with E-state index in [0.717, 1.165) is 24.9 Å². The van der Waals surface area contributed by atoms with Gasteiger partial charge in [-0.2, -0.15) is 0 Å². The maximum Gasteiger partial charge on any atom is 0.237 e. The average molecular weight is 293 g/mol. The van der Waals surface area contributed by atoms with Crippen LogP contribution in [0.4, 0.5) is 0 Å². The molecule has 1 spiro atoms. The molecule has 106 valence electrons. The number of nitrogens with zero attached hydrogens (tertiary/aromatic N) is 1. The SMILES string of the molecule is O=C1CC2(CCCNC2)C(=O)N1Cc1ccc(Cl)cc1. The molecule has 5 heteroatoms. The lowest BCUT2D eigenvalue weighted by Crippen LogP contribution is -2.45. The van der Waals surface area contributed by atoms with Gasteiger partial charge in [0.1, 0.15) is 0 Å². The summed E-state index contributed by atoms with van der Waals surface area (Å²) < 4.78 is 0. The van der Waals surface area contributed by atoms with Gasteiger partial charge in [-0.15, -0.1) is 0 Å². The smallest absolute Gasteiger partial charge is 0.237 e. The number of rotatable bonds is 2. The summed E-state index contributed by atoms with van der Waals surface area (Å²) in [5, 5.41) is 3.90. The Balaban J connectivity index is 1.78. The molecule has 0 aromatic heterocycles. The van der Waals surface area contributed by atoms with E-state index < -0.39 is 5.41 Å². The molecule has 2 aliphatic rings. The number of likely N-dealkylation sites (tertiary alicyclic amines) is 1. The van der Waals surface area contributed by atoms with Gasteiger partial charge in [0.2, 0.25) is 11.8 Å². The van der Waals surface area contributed by atoms with Gasteiger partial charge in [0.15, 0.2) is 0 Å². The van der Waals surface area contributed by atoms with Gasteiger partial charge < -0.3 is 5.32 Å². The molecule has 1 aromatic rings. The first-order valence-electron chi connectivity index (χ1n) is 6.91. The zero-order valence-electron chi connectivity index (χ0n) is 11.2. The van der Waals surface area contributed by atoms with E-state index in [0.29, 0.717) is 24.5 Å². The molecule has 0 radical (unpaired) electrons. The Morgan fingerprint density at radius 2 is 2.00 bits per heavy atom. The molecule has 2 saturated heterocycles. The number of benzene rings is 1. The number of carbonyl (C=O) groups is 2. The van der Waals surface area contributed by atoms with Crippen LogP contribution < -0.4 is 5.32 Å². The summed E-state index contributed by atoms with van der Waals surface area (Å²) in [6.07, 6.45) is 2.10. The van der Waals surface area contributed by atoms with Gasteiger partial charge in [0, 0.05) is 18.0 Å². The molecule has 2 fully saturated rings. The average Bonchev–Trinajstić information content (AvgIpc) is 2.67. The fraction of sp³-hybridized carbons (Fsp3) is 0.467. The minimum absolute atomic E-state index is 0.0235. The highest BCUT2D eigenvalue weighted by molar-refractivity contribution is 6.30. The summed E-state index contributed by atoms with van der Waals surface area (Å²) in [5.41, 5.74) is 0.429. The van der Waals surface area contributed by atoms with Crippen LogP contribution in [0.5, 0.6) is 0 Å². The number of hydrogen-bond donors (Lipinski definition) is 1. The van der Waals surface area contributed by atoms with Crippen molar-refractivity contribution in [2.75, 3.05) is 13.1 Å². The molecule has 1 atom stereocenters.